The zero-order valence-corrected chi connectivity index (χ0v) is 19.2. The van der Waals surface area contributed by atoms with Crippen LogP contribution in [-0.4, -0.2) is 20.4 Å². The Balaban J connectivity index is 1.64. The minimum atomic E-state index is -3.75. The standard InChI is InChI=1S/C23H20Cl2N2O3S/c1-14-3-5-19(25)13-21(14)26-23(28)16-4-10-22-17(12-16)11-15(2)27(22)31(29,30)20-8-6-18(24)7-9-20/h3-10,12-13,15H,11H2,1-2H3,(H,26,28)/t15-/m1/s1. The highest BCUT2D eigenvalue weighted by molar-refractivity contribution is 7.92. The maximum atomic E-state index is 13.2. The molecule has 3 aromatic rings. The van der Waals surface area contributed by atoms with E-state index in [0.29, 0.717) is 33.4 Å². The maximum Gasteiger partial charge on any atom is 0.264 e. The van der Waals surface area contributed by atoms with Gasteiger partial charge < -0.3 is 5.32 Å². The normalized spacial score (nSPS) is 15.6. The summed E-state index contributed by atoms with van der Waals surface area (Å²) in [6, 6.07) is 16.2. The Labute approximate surface area is 191 Å². The van der Waals surface area contributed by atoms with Gasteiger partial charge in [0.25, 0.3) is 15.9 Å². The minimum Gasteiger partial charge on any atom is -0.322 e. The highest BCUT2D eigenvalue weighted by Gasteiger charge is 2.36. The smallest absolute Gasteiger partial charge is 0.264 e. The summed E-state index contributed by atoms with van der Waals surface area (Å²) < 4.78 is 27.9. The number of hydrogen-bond donors (Lipinski definition) is 1. The number of amides is 1. The van der Waals surface area contributed by atoms with Crippen LogP contribution in [0.1, 0.15) is 28.4 Å². The molecular weight excluding hydrogens is 455 g/mol. The SMILES string of the molecule is Cc1ccc(Cl)cc1NC(=O)c1ccc2c(c1)C[C@@H](C)N2S(=O)(=O)c1ccc(Cl)cc1. The Bertz CT molecular complexity index is 1270. The van der Waals surface area contributed by atoms with Gasteiger partial charge in [0.05, 0.1) is 10.6 Å². The summed E-state index contributed by atoms with van der Waals surface area (Å²) in [6.45, 7) is 3.73. The van der Waals surface area contributed by atoms with Crippen molar-refractivity contribution in [3.05, 3.63) is 87.4 Å². The molecule has 5 nitrogen and oxygen atoms in total. The summed E-state index contributed by atoms with van der Waals surface area (Å²) in [5.74, 6) is -0.278. The Morgan fingerprint density at radius 3 is 2.39 bits per heavy atom. The molecule has 1 aliphatic rings. The Kier molecular flexibility index (Phi) is 5.73. The van der Waals surface area contributed by atoms with Crippen LogP contribution in [0.15, 0.2) is 65.6 Å². The zero-order chi connectivity index (χ0) is 22.3. The van der Waals surface area contributed by atoms with Crippen LogP contribution < -0.4 is 9.62 Å². The molecule has 1 N–H and O–H groups in total. The van der Waals surface area contributed by atoms with E-state index in [2.05, 4.69) is 5.32 Å². The van der Waals surface area contributed by atoms with Gasteiger partial charge in [0.1, 0.15) is 0 Å². The topological polar surface area (TPSA) is 66.5 Å². The minimum absolute atomic E-state index is 0.176. The average Bonchev–Trinajstić information content (AvgIpc) is 3.06. The molecule has 0 aromatic heterocycles. The van der Waals surface area contributed by atoms with E-state index < -0.39 is 10.0 Å². The third-order valence-electron chi connectivity index (χ3n) is 5.31. The van der Waals surface area contributed by atoms with E-state index in [9.17, 15) is 13.2 Å². The quantitative estimate of drug-likeness (QED) is 0.527. The lowest BCUT2D eigenvalue weighted by molar-refractivity contribution is 0.102. The number of benzene rings is 3. The van der Waals surface area contributed by atoms with Crippen LogP contribution in [0.5, 0.6) is 0 Å². The molecule has 0 saturated heterocycles. The second kappa shape index (κ2) is 8.19. The van der Waals surface area contributed by atoms with Crippen LogP contribution in [0.25, 0.3) is 0 Å². The van der Waals surface area contributed by atoms with Gasteiger partial charge in [-0.25, -0.2) is 8.42 Å². The number of halogens is 2. The molecule has 1 amide bonds. The number of aryl methyl sites for hydroxylation is 1. The van der Waals surface area contributed by atoms with Gasteiger partial charge in [-0.1, -0.05) is 29.3 Å². The van der Waals surface area contributed by atoms with Crippen LogP contribution in [-0.2, 0) is 16.4 Å². The molecule has 0 unspecified atom stereocenters. The van der Waals surface area contributed by atoms with Crippen LogP contribution >= 0.6 is 23.2 Å². The van der Waals surface area contributed by atoms with Gasteiger partial charge in [-0.15, -0.1) is 0 Å². The summed E-state index contributed by atoms with van der Waals surface area (Å²) in [5, 5.41) is 3.88. The van der Waals surface area contributed by atoms with Crippen molar-refractivity contribution in [2.45, 2.75) is 31.2 Å². The van der Waals surface area contributed by atoms with E-state index in [1.807, 2.05) is 19.9 Å². The van der Waals surface area contributed by atoms with E-state index in [1.165, 1.54) is 16.4 Å². The van der Waals surface area contributed by atoms with Crippen molar-refractivity contribution in [1.82, 2.24) is 0 Å². The second-order valence-electron chi connectivity index (χ2n) is 7.56. The summed E-state index contributed by atoms with van der Waals surface area (Å²) in [6.07, 6.45) is 0.513. The fourth-order valence-corrected chi connectivity index (χ4v) is 5.74. The molecule has 0 aliphatic carbocycles. The molecule has 0 spiro atoms. The fraction of sp³-hybridized carbons (Fsp3) is 0.174. The largest absolute Gasteiger partial charge is 0.322 e. The molecule has 1 heterocycles. The van der Waals surface area contributed by atoms with E-state index in [1.54, 1.807) is 42.5 Å². The molecule has 31 heavy (non-hydrogen) atoms. The summed E-state index contributed by atoms with van der Waals surface area (Å²) in [4.78, 5) is 13.0. The van der Waals surface area contributed by atoms with Gasteiger partial charge in [0.2, 0.25) is 0 Å². The van der Waals surface area contributed by atoms with E-state index in [0.717, 1.165) is 11.1 Å². The van der Waals surface area contributed by atoms with Crippen LogP contribution in [0.3, 0.4) is 0 Å². The highest BCUT2D eigenvalue weighted by Crippen LogP contribution is 2.37. The van der Waals surface area contributed by atoms with Crippen molar-refractivity contribution >= 4 is 50.5 Å². The molecule has 3 aromatic carbocycles. The fourth-order valence-electron chi connectivity index (χ4n) is 3.75. The molecule has 4 rings (SSSR count). The third-order valence-corrected chi connectivity index (χ3v) is 7.74. The molecule has 0 radical (unpaired) electrons. The summed E-state index contributed by atoms with van der Waals surface area (Å²) in [5.41, 5.74) is 3.38. The van der Waals surface area contributed by atoms with Gasteiger partial charge >= 0.3 is 0 Å². The number of carbonyl (C=O) groups excluding carboxylic acids is 1. The van der Waals surface area contributed by atoms with Crippen molar-refractivity contribution in [1.29, 1.82) is 0 Å². The predicted molar refractivity (Wildman–Crippen MR) is 125 cm³/mol. The number of sulfonamides is 1. The van der Waals surface area contributed by atoms with Crippen LogP contribution in [0.2, 0.25) is 10.0 Å². The molecule has 1 aliphatic heterocycles. The molecule has 0 saturated carbocycles. The summed E-state index contributed by atoms with van der Waals surface area (Å²) in [7, 11) is -3.75. The Morgan fingerprint density at radius 1 is 1.00 bits per heavy atom. The maximum absolute atomic E-state index is 13.2. The van der Waals surface area contributed by atoms with E-state index >= 15 is 0 Å². The Hall–Kier alpha value is -2.54. The third kappa shape index (κ3) is 4.15. The number of nitrogens with one attached hydrogen (secondary N) is 1. The predicted octanol–water partition coefficient (Wildman–Crippen LogP) is 5.69. The first kappa shape index (κ1) is 21.7. The number of hydrogen-bond acceptors (Lipinski definition) is 3. The second-order valence-corrected chi connectivity index (χ2v) is 10.3. The monoisotopic (exact) mass is 474 g/mol. The molecule has 160 valence electrons. The van der Waals surface area contributed by atoms with Gasteiger partial charge in [0, 0.05) is 27.3 Å². The highest BCUT2D eigenvalue weighted by atomic mass is 35.5. The number of nitrogens with zero attached hydrogens (tertiary/aromatic N) is 1. The van der Waals surface area contributed by atoms with E-state index in [-0.39, 0.29) is 16.8 Å². The van der Waals surface area contributed by atoms with Crippen LogP contribution in [0.4, 0.5) is 11.4 Å². The first-order chi connectivity index (χ1) is 14.7. The Morgan fingerprint density at radius 2 is 1.68 bits per heavy atom. The first-order valence-corrected chi connectivity index (χ1v) is 11.9. The van der Waals surface area contributed by atoms with Crippen molar-refractivity contribution in [3.63, 3.8) is 0 Å². The molecule has 0 fully saturated rings. The van der Waals surface area contributed by atoms with E-state index in [4.69, 9.17) is 23.2 Å². The van der Waals surface area contributed by atoms with Gasteiger partial charge in [-0.2, -0.15) is 0 Å². The average molecular weight is 475 g/mol. The van der Waals surface area contributed by atoms with Gasteiger partial charge in [-0.05, 0) is 86.0 Å². The van der Waals surface area contributed by atoms with Crippen molar-refractivity contribution in [2.75, 3.05) is 9.62 Å². The lowest BCUT2D eigenvalue weighted by Crippen LogP contribution is -2.35. The lowest BCUT2D eigenvalue weighted by Gasteiger charge is -2.24. The number of anilines is 2. The lowest BCUT2D eigenvalue weighted by atomic mass is 10.1. The summed E-state index contributed by atoms with van der Waals surface area (Å²) >= 11 is 11.9. The molecule has 1 atom stereocenters. The van der Waals surface area contributed by atoms with Crippen LogP contribution in [0, 0.1) is 6.92 Å². The van der Waals surface area contributed by atoms with Gasteiger partial charge in [-0.3, -0.25) is 9.10 Å². The van der Waals surface area contributed by atoms with Crippen molar-refractivity contribution in [2.24, 2.45) is 0 Å². The number of fused-ring (bicyclic) bond motifs is 1. The first-order valence-electron chi connectivity index (χ1n) is 9.67. The van der Waals surface area contributed by atoms with Gasteiger partial charge in [0.15, 0.2) is 0 Å². The van der Waals surface area contributed by atoms with Crippen molar-refractivity contribution in [3.8, 4) is 0 Å². The number of carbonyl (C=O) groups is 1. The zero-order valence-electron chi connectivity index (χ0n) is 16.9. The molecular formula is C23H20Cl2N2O3S. The molecule has 8 heteroatoms. The van der Waals surface area contributed by atoms with Crippen molar-refractivity contribution < 1.29 is 13.2 Å². The number of rotatable bonds is 4. The molecule has 0 bridgehead atoms.